The van der Waals surface area contributed by atoms with Gasteiger partial charge in [0.1, 0.15) is 5.56 Å². The normalized spacial score (nSPS) is 10.9. The molecule has 6 nitrogen and oxygen atoms in total. The highest BCUT2D eigenvalue weighted by Gasteiger charge is 2.19. The Kier molecular flexibility index (Phi) is 5.15. The van der Waals surface area contributed by atoms with Gasteiger partial charge in [0.2, 0.25) is 5.88 Å². The average Bonchev–Trinajstić information content (AvgIpc) is 2.52. The molecular weight excluding hydrogens is 232 g/mol. The molecule has 0 radical (unpaired) electrons. The molecule has 0 unspecified atom stereocenters. The second-order valence-electron chi connectivity index (χ2n) is 4.56. The summed E-state index contributed by atoms with van der Waals surface area (Å²) < 4.78 is 7.14. The number of primary amides is 1. The first-order chi connectivity index (χ1) is 8.43. The van der Waals surface area contributed by atoms with Crippen molar-refractivity contribution in [2.24, 2.45) is 12.8 Å². The van der Waals surface area contributed by atoms with Crippen LogP contribution in [0.3, 0.4) is 0 Å². The molecule has 0 aliphatic carbocycles. The lowest BCUT2D eigenvalue weighted by Gasteiger charge is -2.10. The van der Waals surface area contributed by atoms with Gasteiger partial charge in [-0.3, -0.25) is 4.79 Å². The molecule has 1 aromatic rings. The zero-order valence-electron chi connectivity index (χ0n) is 11.5. The van der Waals surface area contributed by atoms with Gasteiger partial charge in [-0.1, -0.05) is 13.8 Å². The molecule has 0 fully saturated rings. The highest BCUT2D eigenvalue weighted by molar-refractivity contribution is 5.96. The Labute approximate surface area is 107 Å². The van der Waals surface area contributed by atoms with Crippen molar-refractivity contribution < 1.29 is 9.53 Å². The van der Waals surface area contributed by atoms with E-state index >= 15 is 0 Å². The van der Waals surface area contributed by atoms with E-state index in [4.69, 9.17) is 10.5 Å². The summed E-state index contributed by atoms with van der Waals surface area (Å²) in [6, 6.07) is 0.463. The number of nitrogens with zero attached hydrogens (tertiary/aromatic N) is 2. The summed E-state index contributed by atoms with van der Waals surface area (Å²) in [5.74, 6) is -0.0551. The van der Waals surface area contributed by atoms with Crippen LogP contribution in [0.25, 0.3) is 0 Å². The molecule has 18 heavy (non-hydrogen) atoms. The fourth-order valence-corrected chi connectivity index (χ4v) is 1.72. The van der Waals surface area contributed by atoms with Gasteiger partial charge in [0.05, 0.1) is 12.3 Å². The fourth-order valence-electron chi connectivity index (χ4n) is 1.72. The molecule has 0 aliphatic rings. The molecular formula is C12H22N4O2. The first kappa shape index (κ1) is 14.5. The van der Waals surface area contributed by atoms with E-state index in [1.54, 1.807) is 18.7 Å². The first-order valence-corrected chi connectivity index (χ1v) is 6.13. The van der Waals surface area contributed by atoms with Gasteiger partial charge in [0.25, 0.3) is 5.91 Å². The molecule has 102 valence electrons. The second kappa shape index (κ2) is 6.39. The number of nitrogens with two attached hydrogens (primary N) is 1. The standard InChI is InChI=1S/C12H22N4O2/c1-8(2)14-6-5-7-18-12-10(11(13)17)9(3)15-16(12)4/h8,14H,5-7H2,1-4H3,(H2,13,17). The fraction of sp³-hybridized carbons (Fsp3) is 0.667. The largest absolute Gasteiger partial charge is 0.477 e. The number of nitrogens with one attached hydrogen (secondary N) is 1. The van der Waals surface area contributed by atoms with Crippen LogP contribution >= 0.6 is 0 Å². The summed E-state index contributed by atoms with van der Waals surface area (Å²) in [4.78, 5) is 11.3. The Hall–Kier alpha value is -1.56. The van der Waals surface area contributed by atoms with Crippen molar-refractivity contribution in [1.82, 2.24) is 15.1 Å². The minimum atomic E-state index is -0.504. The Morgan fingerprint density at radius 3 is 2.78 bits per heavy atom. The van der Waals surface area contributed by atoms with Crippen LogP contribution in [0, 0.1) is 6.92 Å². The highest BCUT2D eigenvalue weighted by atomic mass is 16.5. The van der Waals surface area contributed by atoms with E-state index in [1.807, 2.05) is 0 Å². The summed E-state index contributed by atoms with van der Waals surface area (Å²) in [6.07, 6.45) is 0.862. The third-order valence-electron chi connectivity index (χ3n) is 2.53. The van der Waals surface area contributed by atoms with E-state index in [0.29, 0.717) is 29.8 Å². The number of carbonyl (C=O) groups is 1. The molecule has 0 saturated carbocycles. The van der Waals surface area contributed by atoms with E-state index in [1.165, 1.54) is 0 Å². The van der Waals surface area contributed by atoms with Crippen molar-refractivity contribution in [1.29, 1.82) is 0 Å². The van der Waals surface area contributed by atoms with Crippen LogP contribution < -0.4 is 15.8 Å². The Morgan fingerprint density at radius 2 is 2.22 bits per heavy atom. The van der Waals surface area contributed by atoms with Crippen molar-refractivity contribution in [3.63, 3.8) is 0 Å². The maximum atomic E-state index is 11.3. The molecule has 1 heterocycles. The quantitative estimate of drug-likeness (QED) is 0.698. The van der Waals surface area contributed by atoms with Crippen molar-refractivity contribution in [2.45, 2.75) is 33.2 Å². The number of amides is 1. The number of hydrogen-bond donors (Lipinski definition) is 2. The maximum Gasteiger partial charge on any atom is 0.256 e. The van der Waals surface area contributed by atoms with Crippen LogP contribution in [0.1, 0.15) is 36.3 Å². The van der Waals surface area contributed by atoms with Crippen LogP contribution in [-0.2, 0) is 7.05 Å². The summed E-state index contributed by atoms with van der Waals surface area (Å²) in [7, 11) is 1.74. The topological polar surface area (TPSA) is 82.2 Å². The molecule has 0 bridgehead atoms. The predicted molar refractivity (Wildman–Crippen MR) is 69.7 cm³/mol. The van der Waals surface area contributed by atoms with Gasteiger partial charge in [-0.2, -0.15) is 5.10 Å². The number of ether oxygens (including phenoxy) is 1. The number of rotatable bonds is 7. The number of carbonyl (C=O) groups excluding carboxylic acids is 1. The maximum absolute atomic E-state index is 11.3. The van der Waals surface area contributed by atoms with Crippen molar-refractivity contribution in [3.05, 3.63) is 11.3 Å². The zero-order valence-corrected chi connectivity index (χ0v) is 11.5. The molecule has 1 amide bonds. The second-order valence-corrected chi connectivity index (χ2v) is 4.56. The average molecular weight is 254 g/mol. The number of hydrogen-bond acceptors (Lipinski definition) is 4. The Morgan fingerprint density at radius 1 is 1.56 bits per heavy atom. The molecule has 1 rings (SSSR count). The van der Waals surface area contributed by atoms with Crippen molar-refractivity contribution >= 4 is 5.91 Å². The van der Waals surface area contributed by atoms with Crippen LogP contribution in [0.5, 0.6) is 5.88 Å². The molecule has 0 aliphatic heterocycles. The van der Waals surface area contributed by atoms with E-state index < -0.39 is 5.91 Å². The third kappa shape index (κ3) is 3.73. The van der Waals surface area contributed by atoms with Gasteiger partial charge in [0.15, 0.2) is 0 Å². The lowest BCUT2D eigenvalue weighted by Crippen LogP contribution is -2.25. The Bertz CT molecular complexity index is 412. The van der Waals surface area contributed by atoms with E-state index in [9.17, 15) is 4.79 Å². The third-order valence-corrected chi connectivity index (χ3v) is 2.53. The first-order valence-electron chi connectivity index (χ1n) is 6.13. The van der Waals surface area contributed by atoms with Crippen molar-refractivity contribution in [2.75, 3.05) is 13.2 Å². The van der Waals surface area contributed by atoms with E-state index in [-0.39, 0.29) is 0 Å². The Balaban J connectivity index is 2.54. The van der Waals surface area contributed by atoms with E-state index in [2.05, 4.69) is 24.3 Å². The highest BCUT2D eigenvalue weighted by Crippen LogP contribution is 2.20. The van der Waals surface area contributed by atoms with Crippen LogP contribution in [0.4, 0.5) is 0 Å². The van der Waals surface area contributed by atoms with Gasteiger partial charge in [-0.15, -0.1) is 0 Å². The minimum Gasteiger partial charge on any atom is -0.477 e. The van der Waals surface area contributed by atoms with Gasteiger partial charge < -0.3 is 15.8 Å². The summed E-state index contributed by atoms with van der Waals surface area (Å²) in [5.41, 5.74) is 6.28. The van der Waals surface area contributed by atoms with Gasteiger partial charge in [-0.25, -0.2) is 4.68 Å². The monoisotopic (exact) mass is 254 g/mol. The van der Waals surface area contributed by atoms with Gasteiger partial charge in [0, 0.05) is 13.1 Å². The molecule has 0 atom stereocenters. The summed E-state index contributed by atoms with van der Waals surface area (Å²) in [5, 5.41) is 7.43. The molecule has 3 N–H and O–H groups in total. The molecule has 0 aromatic carbocycles. The molecule has 1 aromatic heterocycles. The summed E-state index contributed by atoms with van der Waals surface area (Å²) in [6.45, 7) is 7.33. The van der Waals surface area contributed by atoms with Crippen molar-refractivity contribution in [3.8, 4) is 5.88 Å². The smallest absolute Gasteiger partial charge is 0.256 e. The zero-order chi connectivity index (χ0) is 13.7. The van der Waals surface area contributed by atoms with Crippen LogP contribution in [0.2, 0.25) is 0 Å². The number of aromatic nitrogens is 2. The van der Waals surface area contributed by atoms with Crippen LogP contribution in [-0.4, -0.2) is 34.9 Å². The SMILES string of the molecule is Cc1nn(C)c(OCCCNC(C)C)c1C(N)=O. The van der Waals surface area contributed by atoms with Gasteiger partial charge >= 0.3 is 0 Å². The van der Waals surface area contributed by atoms with E-state index in [0.717, 1.165) is 13.0 Å². The molecule has 6 heteroatoms. The van der Waals surface area contributed by atoms with Gasteiger partial charge in [-0.05, 0) is 19.9 Å². The number of aryl methyl sites for hydroxylation is 2. The van der Waals surface area contributed by atoms with Crippen LogP contribution in [0.15, 0.2) is 0 Å². The lowest BCUT2D eigenvalue weighted by atomic mass is 10.2. The lowest BCUT2D eigenvalue weighted by molar-refractivity contribution is 0.0995. The predicted octanol–water partition coefficient (Wildman–Crippen LogP) is 0.594. The minimum absolute atomic E-state index is 0.370. The molecule has 0 spiro atoms. The molecule has 0 saturated heterocycles. The summed E-state index contributed by atoms with van der Waals surface area (Å²) >= 11 is 0.